The van der Waals surface area contributed by atoms with Gasteiger partial charge in [0.15, 0.2) is 0 Å². The van der Waals surface area contributed by atoms with Crippen LogP contribution in [0.1, 0.15) is 40.0 Å². The van der Waals surface area contributed by atoms with Gasteiger partial charge in [-0.2, -0.15) is 0 Å². The fraction of sp³-hybridized carbons (Fsp3) is 0.833. The van der Waals surface area contributed by atoms with Gasteiger partial charge in [0.1, 0.15) is 6.10 Å². The van der Waals surface area contributed by atoms with Crippen molar-refractivity contribution in [3.8, 4) is 0 Å². The molecule has 0 heterocycles. The molecular formula is C12H20O3. The number of hydrogen-bond donors (Lipinski definition) is 0. The molecule has 3 atom stereocenters. The van der Waals surface area contributed by atoms with Gasteiger partial charge < -0.3 is 4.74 Å². The lowest BCUT2D eigenvalue weighted by atomic mass is 9.75. The highest BCUT2D eigenvalue weighted by atomic mass is 16.5. The number of ether oxygens (including phenoxy) is 1. The largest absolute Gasteiger partial charge is 0.457 e. The van der Waals surface area contributed by atoms with Gasteiger partial charge in [-0.05, 0) is 30.6 Å². The SMILES string of the molecule is CC(C)[C@@H]1CC[C@H](C)C[C@@H]1OC(=O)C=O. The molecule has 3 heteroatoms. The zero-order valence-corrected chi connectivity index (χ0v) is 9.73. The summed E-state index contributed by atoms with van der Waals surface area (Å²) >= 11 is 0. The molecule has 0 aromatic heterocycles. The van der Waals surface area contributed by atoms with Crippen LogP contribution in [0, 0.1) is 17.8 Å². The molecule has 0 N–H and O–H groups in total. The van der Waals surface area contributed by atoms with Crippen molar-refractivity contribution in [3.05, 3.63) is 0 Å². The first-order valence-corrected chi connectivity index (χ1v) is 5.70. The smallest absolute Gasteiger partial charge is 0.371 e. The van der Waals surface area contributed by atoms with E-state index in [0.29, 0.717) is 17.8 Å². The lowest BCUT2D eigenvalue weighted by Gasteiger charge is -2.36. The van der Waals surface area contributed by atoms with Crippen molar-refractivity contribution in [1.82, 2.24) is 0 Å². The predicted octanol–water partition coefficient (Wildman–Crippen LogP) is 2.19. The maximum absolute atomic E-state index is 11.0. The number of hydrogen-bond acceptors (Lipinski definition) is 3. The van der Waals surface area contributed by atoms with Crippen LogP contribution in [-0.2, 0) is 14.3 Å². The Morgan fingerprint density at radius 2 is 2.07 bits per heavy atom. The molecule has 0 aliphatic heterocycles. The molecule has 0 bridgehead atoms. The van der Waals surface area contributed by atoms with Crippen LogP contribution in [0.3, 0.4) is 0 Å². The lowest BCUT2D eigenvalue weighted by Crippen LogP contribution is -2.36. The van der Waals surface area contributed by atoms with E-state index in [4.69, 9.17) is 4.74 Å². The molecule has 0 aromatic rings. The van der Waals surface area contributed by atoms with Gasteiger partial charge in [0.25, 0.3) is 0 Å². The first kappa shape index (κ1) is 12.2. The predicted molar refractivity (Wildman–Crippen MR) is 57.3 cm³/mol. The van der Waals surface area contributed by atoms with Gasteiger partial charge in [-0.25, -0.2) is 4.79 Å². The molecule has 0 unspecified atom stereocenters. The summed E-state index contributed by atoms with van der Waals surface area (Å²) in [4.78, 5) is 21.2. The highest BCUT2D eigenvalue weighted by Crippen LogP contribution is 2.35. The molecule has 15 heavy (non-hydrogen) atoms. The maximum atomic E-state index is 11.0. The van der Waals surface area contributed by atoms with Crippen molar-refractivity contribution in [2.75, 3.05) is 0 Å². The molecule has 1 fully saturated rings. The molecule has 1 saturated carbocycles. The minimum atomic E-state index is -0.722. The van der Waals surface area contributed by atoms with E-state index in [1.165, 1.54) is 6.42 Å². The van der Waals surface area contributed by atoms with Gasteiger partial charge in [-0.3, -0.25) is 4.79 Å². The first-order valence-electron chi connectivity index (χ1n) is 5.70. The topological polar surface area (TPSA) is 43.4 Å². The van der Waals surface area contributed by atoms with Crippen LogP contribution in [0.4, 0.5) is 0 Å². The van der Waals surface area contributed by atoms with Crippen LogP contribution in [0.15, 0.2) is 0 Å². The quantitative estimate of drug-likeness (QED) is 0.409. The Bertz CT molecular complexity index is 235. The summed E-state index contributed by atoms with van der Waals surface area (Å²) in [6.45, 7) is 6.45. The van der Waals surface area contributed by atoms with Crippen molar-refractivity contribution < 1.29 is 14.3 Å². The number of carbonyl (C=O) groups is 2. The highest BCUT2D eigenvalue weighted by Gasteiger charge is 2.33. The van der Waals surface area contributed by atoms with Crippen LogP contribution in [0.25, 0.3) is 0 Å². The third-order valence-corrected chi connectivity index (χ3v) is 3.33. The van der Waals surface area contributed by atoms with Crippen LogP contribution in [0.5, 0.6) is 0 Å². The van der Waals surface area contributed by atoms with E-state index in [1.54, 1.807) is 0 Å². The van der Waals surface area contributed by atoms with Crippen molar-refractivity contribution in [2.45, 2.75) is 46.1 Å². The Balaban J connectivity index is 2.61. The van der Waals surface area contributed by atoms with E-state index in [0.717, 1.165) is 12.8 Å². The van der Waals surface area contributed by atoms with E-state index in [1.807, 2.05) is 0 Å². The Morgan fingerprint density at radius 3 is 2.60 bits per heavy atom. The maximum Gasteiger partial charge on any atom is 0.371 e. The van der Waals surface area contributed by atoms with Crippen LogP contribution >= 0.6 is 0 Å². The lowest BCUT2D eigenvalue weighted by molar-refractivity contribution is -0.158. The molecule has 3 nitrogen and oxygen atoms in total. The second-order valence-electron chi connectivity index (χ2n) is 4.92. The van der Waals surface area contributed by atoms with Gasteiger partial charge in [-0.15, -0.1) is 0 Å². The minimum Gasteiger partial charge on any atom is -0.457 e. The molecule has 1 aliphatic carbocycles. The monoisotopic (exact) mass is 212 g/mol. The van der Waals surface area contributed by atoms with Crippen LogP contribution < -0.4 is 0 Å². The van der Waals surface area contributed by atoms with Gasteiger partial charge >= 0.3 is 5.97 Å². The molecule has 0 spiro atoms. The van der Waals surface area contributed by atoms with E-state index >= 15 is 0 Å². The van der Waals surface area contributed by atoms with Crippen LogP contribution in [0.2, 0.25) is 0 Å². The van der Waals surface area contributed by atoms with Gasteiger partial charge in [-0.1, -0.05) is 27.2 Å². The van der Waals surface area contributed by atoms with Crippen molar-refractivity contribution in [3.63, 3.8) is 0 Å². The summed E-state index contributed by atoms with van der Waals surface area (Å²) in [6, 6.07) is 0. The average molecular weight is 212 g/mol. The molecule has 0 saturated heterocycles. The van der Waals surface area contributed by atoms with E-state index < -0.39 is 5.97 Å². The molecule has 0 aromatic carbocycles. The summed E-state index contributed by atoms with van der Waals surface area (Å²) in [6.07, 6.45) is 3.37. The fourth-order valence-electron chi connectivity index (χ4n) is 2.43. The Kier molecular flexibility index (Phi) is 4.30. The molecule has 1 aliphatic rings. The zero-order valence-electron chi connectivity index (χ0n) is 9.73. The minimum absolute atomic E-state index is 0.0635. The number of carbonyl (C=O) groups excluding carboxylic acids is 2. The number of esters is 1. The zero-order chi connectivity index (χ0) is 11.4. The van der Waals surface area contributed by atoms with Gasteiger partial charge in [0.2, 0.25) is 6.29 Å². The average Bonchev–Trinajstić information content (AvgIpc) is 2.17. The Hall–Kier alpha value is -0.860. The summed E-state index contributed by atoms with van der Waals surface area (Å²) in [5.41, 5.74) is 0. The summed E-state index contributed by atoms with van der Waals surface area (Å²) in [5, 5.41) is 0. The highest BCUT2D eigenvalue weighted by molar-refractivity contribution is 6.20. The third-order valence-electron chi connectivity index (χ3n) is 3.33. The summed E-state index contributed by atoms with van der Waals surface area (Å²) < 4.78 is 5.18. The standard InChI is InChI=1S/C12H20O3/c1-8(2)10-5-4-9(3)6-11(10)15-12(14)7-13/h7-11H,4-6H2,1-3H3/t9-,10-,11-/m0/s1. The Labute approximate surface area is 91.2 Å². The molecular weight excluding hydrogens is 192 g/mol. The Morgan fingerprint density at radius 1 is 1.40 bits per heavy atom. The van der Waals surface area contributed by atoms with Crippen molar-refractivity contribution >= 4 is 12.3 Å². The van der Waals surface area contributed by atoms with Gasteiger partial charge in [0.05, 0.1) is 0 Å². The molecule has 86 valence electrons. The fourth-order valence-corrected chi connectivity index (χ4v) is 2.43. The molecule has 0 radical (unpaired) electrons. The normalized spacial score (nSPS) is 31.3. The van der Waals surface area contributed by atoms with E-state index in [2.05, 4.69) is 20.8 Å². The first-order chi connectivity index (χ1) is 7.04. The van der Waals surface area contributed by atoms with E-state index in [9.17, 15) is 9.59 Å². The number of rotatable bonds is 3. The molecule has 0 amide bonds. The second-order valence-corrected chi connectivity index (χ2v) is 4.92. The van der Waals surface area contributed by atoms with Crippen molar-refractivity contribution in [2.24, 2.45) is 17.8 Å². The number of aldehydes is 1. The second kappa shape index (κ2) is 5.29. The van der Waals surface area contributed by atoms with Crippen molar-refractivity contribution in [1.29, 1.82) is 0 Å². The van der Waals surface area contributed by atoms with Crippen LogP contribution in [-0.4, -0.2) is 18.4 Å². The van der Waals surface area contributed by atoms with E-state index in [-0.39, 0.29) is 12.4 Å². The summed E-state index contributed by atoms with van der Waals surface area (Å²) in [5.74, 6) is 0.774. The summed E-state index contributed by atoms with van der Waals surface area (Å²) in [7, 11) is 0. The van der Waals surface area contributed by atoms with Gasteiger partial charge in [0, 0.05) is 0 Å². The molecule has 1 rings (SSSR count). The third kappa shape index (κ3) is 3.33.